The van der Waals surface area contributed by atoms with E-state index in [0.29, 0.717) is 30.2 Å². The zero-order valence-electron chi connectivity index (χ0n) is 15.2. The lowest BCUT2D eigenvalue weighted by atomic mass is 10.1. The molecular formula is C19H18N4O5S. The Hall–Kier alpha value is -3.37. The first-order valence-electron chi connectivity index (χ1n) is 8.75. The molecule has 0 spiro atoms. The molecule has 0 amide bonds. The maximum atomic E-state index is 12.8. The van der Waals surface area contributed by atoms with Gasteiger partial charge in [-0.2, -0.15) is 0 Å². The quantitative estimate of drug-likeness (QED) is 0.622. The molecule has 2 aromatic carbocycles. The number of nitrogens with one attached hydrogen (secondary N) is 1. The number of fused-ring (bicyclic) bond motifs is 1. The summed E-state index contributed by atoms with van der Waals surface area (Å²) in [7, 11) is -3.71. The molecule has 3 N–H and O–H groups in total. The number of aromatic nitrogens is 2. The van der Waals surface area contributed by atoms with Gasteiger partial charge in [0.25, 0.3) is 5.56 Å². The molecule has 3 aromatic rings. The lowest BCUT2D eigenvalue weighted by Gasteiger charge is -2.10. The van der Waals surface area contributed by atoms with Gasteiger partial charge in [0, 0.05) is 25.0 Å². The van der Waals surface area contributed by atoms with Gasteiger partial charge in [-0.05, 0) is 36.2 Å². The number of hydrogen-bond acceptors (Lipinski definition) is 7. The molecule has 0 unspecified atom stereocenters. The van der Waals surface area contributed by atoms with Crippen LogP contribution in [0.2, 0.25) is 0 Å². The SMILES string of the molecule is NS(=O)(=O)c1ccc(CCNc2nccn(-c3ccc4c(c3)OCO4)c2=O)cc1. The molecule has 1 aliphatic rings. The number of anilines is 1. The third-order valence-electron chi connectivity index (χ3n) is 4.43. The van der Waals surface area contributed by atoms with Crippen LogP contribution in [-0.2, 0) is 16.4 Å². The van der Waals surface area contributed by atoms with Crippen LogP contribution in [0.25, 0.3) is 5.69 Å². The Morgan fingerprint density at radius 1 is 1.10 bits per heavy atom. The van der Waals surface area contributed by atoms with Crippen molar-refractivity contribution in [1.29, 1.82) is 0 Å². The van der Waals surface area contributed by atoms with Crippen molar-refractivity contribution in [1.82, 2.24) is 9.55 Å². The van der Waals surface area contributed by atoms with Gasteiger partial charge in [-0.15, -0.1) is 0 Å². The second kappa shape index (κ2) is 7.57. The normalized spacial score (nSPS) is 12.7. The van der Waals surface area contributed by atoms with Gasteiger partial charge < -0.3 is 14.8 Å². The third kappa shape index (κ3) is 4.08. The number of sulfonamides is 1. The Bertz CT molecular complexity index is 1210. The summed E-state index contributed by atoms with van der Waals surface area (Å²) in [5, 5.41) is 8.12. The van der Waals surface area contributed by atoms with Crippen molar-refractivity contribution in [3.8, 4) is 17.2 Å². The summed E-state index contributed by atoms with van der Waals surface area (Å²) in [5.41, 5.74) is 1.25. The first-order chi connectivity index (χ1) is 13.9. The molecule has 29 heavy (non-hydrogen) atoms. The van der Waals surface area contributed by atoms with Gasteiger partial charge in [0.2, 0.25) is 16.8 Å². The van der Waals surface area contributed by atoms with Gasteiger partial charge in [0.05, 0.1) is 10.6 Å². The molecule has 0 aliphatic carbocycles. The zero-order chi connectivity index (χ0) is 20.4. The number of nitrogens with two attached hydrogens (primary N) is 1. The summed E-state index contributed by atoms with van der Waals surface area (Å²) >= 11 is 0. The summed E-state index contributed by atoms with van der Waals surface area (Å²) in [6, 6.07) is 11.5. The molecule has 1 aliphatic heterocycles. The van der Waals surface area contributed by atoms with Crippen molar-refractivity contribution in [3.05, 3.63) is 70.8 Å². The van der Waals surface area contributed by atoms with Crippen LogP contribution in [-0.4, -0.2) is 31.3 Å². The van der Waals surface area contributed by atoms with Crippen LogP contribution in [0.3, 0.4) is 0 Å². The smallest absolute Gasteiger partial charge is 0.297 e. The molecule has 150 valence electrons. The number of hydrogen-bond donors (Lipinski definition) is 2. The summed E-state index contributed by atoms with van der Waals surface area (Å²) in [5.74, 6) is 1.44. The van der Waals surface area contributed by atoms with Gasteiger partial charge in [0.15, 0.2) is 17.3 Å². The highest BCUT2D eigenvalue weighted by Gasteiger charge is 2.15. The molecule has 0 bridgehead atoms. The van der Waals surface area contributed by atoms with E-state index in [2.05, 4.69) is 10.3 Å². The Morgan fingerprint density at radius 2 is 1.86 bits per heavy atom. The molecule has 0 saturated carbocycles. The number of rotatable bonds is 6. The topological polar surface area (TPSA) is 126 Å². The maximum Gasteiger partial charge on any atom is 0.297 e. The predicted molar refractivity (Wildman–Crippen MR) is 106 cm³/mol. The highest BCUT2D eigenvalue weighted by atomic mass is 32.2. The van der Waals surface area contributed by atoms with E-state index in [1.807, 2.05) is 0 Å². The van der Waals surface area contributed by atoms with Crippen molar-refractivity contribution in [2.75, 3.05) is 18.7 Å². The van der Waals surface area contributed by atoms with E-state index in [0.717, 1.165) is 5.56 Å². The minimum absolute atomic E-state index is 0.0607. The van der Waals surface area contributed by atoms with Crippen LogP contribution in [0.5, 0.6) is 11.5 Å². The van der Waals surface area contributed by atoms with Crippen LogP contribution >= 0.6 is 0 Å². The predicted octanol–water partition coefficient (Wildman–Crippen LogP) is 1.26. The van der Waals surface area contributed by atoms with Gasteiger partial charge in [-0.1, -0.05) is 12.1 Å². The molecule has 9 nitrogen and oxygen atoms in total. The van der Waals surface area contributed by atoms with E-state index in [1.165, 1.54) is 22.9 Å². The van der Waals surface area contributed by atoms with Crippen LogP contribution in [0, 0.1) is 0 Å². The first-order valence-corrected chi connectivity index (χ1v) is 10.3. The highest BCUT2D eigenvalue weighted by molar-refractivity contribution is 7.89. The number of nitrogens with zero attached hydrogens (tertiary/aromatic N) is 2. The van der Waals surface area contributed by atoms with Crippen LogP contribution in [0.1, 0.15) is 5.56 Å². The number of ether oxygens (including phenoxy) is 2. The molecule has 0 saturated heterocycles. The van der Waals surface area contributed by atoms with E-state index in [-0.39, 0.29) is 23.1 Å². The minimum atomic E-state index is -3.71. The lowest BCUT2D eigenvalue weighted by Crippen LogP contribution is -2.24. The average Bonchev–Trinajstić information content (AvgIpc) is 3.17. The molecule has 0 radical (unpaired) electrons. The highest BCUT2D eigenvalue weighted by Crippen LogP contribution is 2.33. The maximum absolute atomic E-state index is 12.8. The second-order valence-corrected chi connectivity index (χ2v) is 7.92. The van der Waals surface area contributed by atoms with E-state index in [9.17, 15) is 13.2 Å². The van der Waals surface area contributed by atoms with Crippen LogP contribution < -0.4 is 25.5 Å². The number of primary sulfonamides is 1. The third-order valence-corrected chi connectivity index (χ3v) is 5.36. The van der Waals surface area contributed by atoms with Crippen molar-refractivity contribution >= 4 is 15.8 Å². The summed E-state index contributed by atoms with van der Waals surface area (Å²) < 4.78 is 34.7. The Balaban J connectivity index is 1.46. The largest absolute Gasteiger partial charge is 0.454 e. The molecule has 0 atom stereocenters. The first kappa shape index (κ1) is 19.0. The minimum Gasteiger partial charge on any atom is -0.454 e. The van der Waals surface area contributed by atoms with Crippen molar-refractivity contribution in [2.45, 2.75) is 11.3 Å². The zero-order valence-corrected chi connectivity index (χ0v) is 16.1. The molecule has 2 heterocycles. The summed E-state index contributed by atoms with van der Waals surface area (Å²) in [6.07, 6.45) is 3.69. The van der Waals surface area contributed by atoms with Crippen molar-refractivity contribution in [2.24, 2.45) is 5.14 Å². The van der Waals surface area contributed by atoms with Crippen LogP contribution in [0.4, 0.5) is 5.82 Å². The molecular weight excluding hydrogens is 396 g/mol. The van der Waals surface area contributed by atoms with Gasteiger partial charge in [0.1, 0.15) is 0 Å². The van der Waals surface area contributed by atoms with Gasteiger partial charge >= 0.3 is 0 Å². The summed E-state index contributed by atoms with van der Waals surface area (Å²) in [4.78, 5) is 16.9. The number of benzene rings is 2. The van der Waals surface area contributed by atoms with Crippen LogP contribution in [0.15, 0.2) is 64.5 Å². The average molecular weight is 414 g/mol. The second-order valence-electron chi connectivity index (χ2n) is 6.35. The monoisotopic (exact) mass is 414 g/mol. The fourth-order valence-electron chi connectivity index (χ4n) is 2.94. The van der Waals surface area contributed by atoms with Crippen molar-refractivity contribution < 1.29 is 17.9 Å². The Morgan fingerprint density at radius 3 is 2.62 bits per heavy atom. The Labute approximate surface area is 166 Å². The molecule has 4 rings (SSSR count). The van der Waals surface area contributed by atoms with E-state index >= 15 is 0 Å². The van der Waals surface area contributed by atoms with Gasteiger partial charge in [-0.3, -0.25) is 9.36 Å². The Kier molecular flexibility index (Phi) is 4.95. The van der Waals surface area contributed by atoms with E-state index in [1.54, 1.807) is 36.5 Å². The fraction of sp³-hybridized carbons (Fsp3) is 0.158. The molecule has 10 heteroatoms. The lowest BCUT2D eigenvalue weighted by molar-refractivity contribution is 0.174. The summed E-state index contributed by atoms with van der Waals surface area (Å²) in [6.45, 7) is 0.608. The van der Waals surface area contributed by atoms with Crippen molar-refractivity contribution in [3.63, 3.8) is 0 Å². The van der Waals surface area contributed by atoms with E-state index in [4.69, 9.17) is 14.6 Å². The fourth-order valence-corrected chi connectivity index (χ4v) is 3.46. The molecule has 1 aromatic heterocycles. The van der Waals surface area contributed by atoms with Gasteiger partial charge in [-0.25, -0.2) is 18.5 Å². The van der Waals surface area contributed by atoms with E-state index < -0.39 is 10.0 Å². The standard InChI is InChI=1S/C19H18N4O5S/c20-29(25,26)15-4-1-13(2-5-15)7-8-21-18-19(24)23(10-9-22-18)14-3-6-16-17(11-14)28-12-27-16/h1-6,9-11H,7-8,12H2,(H,21,22)(H2,20,25,26). The molecule has 0 fully saturated rings.